The van der Waals surface area contributed by atoms with Gasteiger partial charge in [-0.2, -0.15) is 5.26 Å². The van der Waals surface area contributed by atoms with E-state index >= 15 is 0 Å². The van der Waals surface area contributed by atoms with Gasteiger partial charge >= 0.3 is 0 Å². The number of nitrogens with zero attached hydrogens (tertiary/aromatic N) is 6. The molecule has 0 atom stereocenters. The summed E-state index contributed by atoms with van der Waals surface area (Å²) in [5.74, 6) is 1.86. The lowest BCUT2D eigenvalue weighted by Crippen LogP contribution is -2.00. The largest absolute Gasteiger partial charge is 0.309 e. The number of hydrogen-bond acceptors (Lipinski definition) is 4. The molecule has 58 heavy (non-hydrogen) atoms. The second kappa shape index (κ2) is 13.6. The third kappa shape index (κ3) is 5.53. The van der Waals surface area contributed by atoms with E-state index in [-0.39, 0.29) is 0 Å². The highest BCUT2D eigenvalue weighted by molar-refractivity contribution is 6.13. The zero-order chi connectivity index (χ0) is 38.6. The van der Waals surface area contributed by atoms with E-state index in [9.17, 15) is 5.26 Å². The van der Waals surface area contributed by atoms with E-state index in [0.29, 0.717) is 23.0 Å². The lowest BCUT2D eigenvalue weighted by Gasteiger charge is -2.11. The molecule has 0 fully saturated rings. The van der Waals surface area contributed by atoms with Gasteiger partial charge in [-0.3, -0.25) is 0 Å². The molecule has 0 aliphatic rings. The van der Waals surface area contributed by atoms with Gasteiger partial charge in [0.25, 0.3) is 0 Å². The fourth-order valence-corrected chi connectivity index (χ4v) is 8.26. The third-order valence-electron chi connectivity index (χ3n) is 11.0. The molecule has 0 N–H and O–H groups in total. The third-order valence-corrected chi connectivity index (χ3v) is 11.0. The SMILES string of the molecule is N#Cc1ccc2c(c1)c1cc(-c3ccc4c(c3)c3ccccc3n4-c3ccccc3)ccc1n2-c1ccc(-c2nc(-c3ccccc3)nc(-c3ccccc3)n2)cc1. The lowest BCUT2D eigenvalue weighted by atomic mass is 10.0. The van der Waals surface area contributed by atoms with Gasteiger partial charge in [-0.15, -0.1) is 0 Å². The van der Waals surface area contributed by atoms with Gasteiger partial charge in [0.15, 0.2) is 17.5 Å². The Hall–Kier alpha value is -8.14. The molecular weight excluding hydrogens is 709 g/mol. The molecular formula is C52H32N6. The quantitative estimate of drug-likeness (QED) is 0.170. The molecule has 0 spiro atoms. The zero-order valence-electron chi connectivity index (χ0n) is 31.2. The predicted octanol–water partition coefficient (Wildman–Crippen LogP) is 12.6. The lowest BCUT2D eigenvalue weighted by molar-refractivity contribution is 1.07. The summed E-state index contributed by atoms with van der Waals surface area (Å²) in [6.07, 6.45) is 0. The Morgan fingerprint density at radius 3 is 1.28 bits per heavy atom. The van der Waals surface area contributed by atoms with Crippen LogP contribution in [0, 0.1) is 11.3 Å². The van der Waals surface area contributed by atoms with Crippen molar-refractivity contribution in [2.75, 3.05) is 0 Å². The van der Waals surface area contributed by atoms with E-state index < -0.39 is 0 Å². The fourth-order valence-electron chi connectivity index (χ4n) is 8.26. The minimum atomic E-state index is 0.605. The van der Waals surface area contributed by atoms with E-state index in [1.165, 1.54) is 21.8 Å². The molecule has 0 radical (unpaired) electrons. The molecule has 8 aromatic carbocycles. The molecule has 0 amide bonds. The first kappa shape index (κ1) is 33.2. The van der Waals surface area contributed by atoms with Crippen LogP contribution in [-0.2, 0) is 0 Å². The summed E-state index contributed by atoms with van der Waals surface area (Å²) in [7, 11) is 0. The molecule has 3 aromatic heterocycles. The van der Waals surface area contributed by atoms with Gasteiger partial charge in [0, 0.05) is 49.6 Å². The average molecular weight is 741 g/mol. The number of hydrogen-bond donors (Lipinski definition) is 0. The Balaban J connectivity index is 1.03. The summed E-state index contributed by atoms with van der Waals surface area (Å²) < 4.78 is 4.61. The summed E-state index contributed by atoms with van der Waals surface area (Å²) in [6.45, 7) is 0. The van der Waals surface area contributed by atoms with Gasteiger partial charge in [-0.05, 0) is 96.1 Å². The summed E-state index contributed by atoms with van der Waals surface area (Å²) in [5.41, 5.74) is 12.2. The molecule has 11 aromatic rings. The molecule has 0 aliphatic heterocycles. The first-order chi connectivity index (χ1) is 28.7. The first-order valence-electron chi connectivity index (χ1n) is 19.3. The minimum absolute atomic E-state index is 0.605. The normalized spacial score (nSPS) is 11.4. The Bertz CT molecular complexity index is 3320. The van der Waals surface area contributed by atoms with Crippen molar-refractivity contribution in [3.8, 4) is 62.7 Å². The van der Waals surface area contributed by atoms with Gasteiger partial charge in [0.05, 0.1) is 33.7 Å². The van der Waals surface area contributed by atoms with Crippen molar-refractivity contribution in [1.29, 1.82) is 5.26 Å². The maximum atomic E-state index is 9.95. The molecule has 6 nitrogen and oxygen atoms in total. The average Bonchev–Trinajstić information content (AvgIpc) is 3.81. The van der Waals surface area contributed by atoms with Crippen molar-refractivity contribution >= 4 is 43.6 Å². The topological polar surface area (TPSA) is 72.3 Å². The fraction of sp³-hybridized carbons (Fsp3) is 0. The molecule has 11 rings (SSSR count). The molecule has 0 saturated carbocycles. The zero-order valence-corrected chi connectivity index (χ0v) is 31.2. The van der Waals surface area contributed by atoms with Crippen molar-refractivity contribution < 1.29 is 0 Å². The molecule has 6 heteroatoms. The van der Waals surface area contributed by atoms with Crippen molar-refractivity contribution in [2.24, 2.45) is 0 Å². The Morgan fingerprint density at radius 2 is 0.724 bits per heavy atom. The van der Waals surface area contributed by atoms with Gasteiger partial charge in [0.1, 0.15) is 0 Å². The van der Waals surface area contributed by atoms with Gasteiger partial charge in [-0.25, -0.2) is 15.0 Å². The molecule has 0 unspecified atom stereocenters. The molecule has 0 aliphatic carbocycles. The number of rotatable bonds is 6. The van der Waals surface area contributed by atoms with Crippen LogP contribution in [-0.4, -0.2) is 24.1 Å². The number of nitriles is 1. The summed E-state index contributed by atoms with van der Waals surface area (Å²) in [6, 6.07) is 69.3. The highest BCUT2D eigenvalue weighted by atomic mass is 15.0. The van der Waals surface area contributed by atoms with E-state index in [0.717, 1.165) is 61.0 Å². The van der Waals surface area contributed by atoms with Crippen LogP contribution in [0.3, 0.4) is 0 Å². The molecule has 270 valence electrons. The number of aromatic nitrogens is 5. The minimum Gasteiger partial charge on any atom is -0.309 e. The van der Waals surface area contributed by atoms with Crippen molar-refractivity contribution in [1.82, 2.24) is 24.1 Å². The Labute approximate surface area is 334 Å². The highest BCUT2D eigenvalue weighted by Crippen LogP contribution is 2.39. The van der Waals surface area contributed by atoms with Crippen LogP contribution in [0.5, 0.6) is 0 Å². The van der Waals surface area contributed by atoms with Crippen LogP contribution in [0.2, 0.25) is 0 Å². The van der Waals surface area contributed by atoms with E-state index in [4.69, 9.17) is 15.0 Å². The first-order valence-corrected chi connectivity index (χ1v) is 19.3. The maximum absolute atomic E-state index is 9.95. The van der Waals surface area contributed by atoms with Crippen molar-refractivity contribution in [2.45, 2.75) is 0 Å². The van der Waals surface area contributed by atoms with Crippen LogP contribution in [0.25, 0.3) is 100 Å². The van der Waals surface area contributed by atoms with Gasteiger partial charge in [0.2, 0.25) is 0 Å². The number of fused-ring (bicyclic) bond motifs is 6. The summed E-state index contributed by atoms with van der Waals surface area (Å²) in [4.78, 5) is 14.7. The van der Waals surface area contributed by atoms with E-state index in [1.54, 1.807) is 0 Å². The van der Waals surface area contributed by atoms with Crippen LogP contribution in [0.15, 0.2) is 194 Å². The van der Waals surface area contributed by atoms with Gasteiger partial charge < -0.3 is 9.13 Å². The second-order valence-corrected chi connectivity index (χ2v) is 14.4. The van der Waals surface area contributed by atoms with Crippen molar-refractivity contribution in [3.05, 3.63) is 200 Å². The second-order valence-electron chi connectivity index (χ2n) is 14.4. The Kier molecular flexibility index (Phi) is 7.76. The van der Waals surface area contributed by atoms with Crippen LogP contribution in [0.1, 0.15) is 5.56 Å². The maximum Gasteiger partial charge on any atom is 0.164 e. The van der Waals surface area contributed by atoms with Crippen LogP contribution in [0.4, 0.5) is 0 Å². The summed E-state index contributed by atoms with van der Waals surface area (Å²) >= 11 is 0. The van der Waals surface area contributed by atoms with Crippen LogP contribution >= 0.6 is 0 Å². The van der Waals surface area contributed by atoms with Crippen molar-refractivity contribution in [3.63, 3.8) is 0 Å². The molecule has 0 saturated heterocycles. The van der Waals surface area contributed by atoms with Crippen LogP contribution < -0.4 is 0 Å². The number of para-hydroxylation sites is 2. The highest BCUT2D eigenvalue weighted by Gasteiger charge is 2.18. The number of benzene rings is 8. The monoisotopic (exact) mass is 740 g/mol. The smallest absolute Gasteiger partial charge is 0.164 e. The predicted molar refractivity (Wildman–Crippen MR) is 235 cm³/mol. The molecule has 0 bridgehead atoms. The Morgan fingerprint density at radius 1 is 0.328 bits per heavy atom. The van der Waals surface area contributed by atoms with E-state index in [1.807, 2.05) is 72.8 Å². The summed E-state index contributed by atoms with van der Waals surface area (Å²) in [5, 5.41) is 14.5. The van der Waals surface area contributed by atoms with E-state index in [2.05, 4.69) is 137 Å². The standard InChI is InChI=1S/C52H32N6/c53-33-34-20-27-47-43(30-34)45-32-39(38-23-28-48-44(31-38)42-18-10-11-19-46(42)57(48)40-16-8-3-9-17-40)24-29-49(45)58(47)41-25-21-37(22-26-41)52-55-50(35-12-4-1-5-13-35)54-51(56-52)36-14-6-2-7-15-36/h1-32H. The molecule has 3 heterocycles. The van der Waals surface area contributed by atoms with Gasteiger partial charge in [-0.1, -0.05) is 109 Å².